The lowest BCUT2D eigenvalue weighted by Gasteiger charge is -2.28. The number of halogens is 1. The van der Waals surface area contributed by atoms with Gasteiger partial charge in [-0.05, 0) is 71.8 Å². The number of hydrogen-bond donors (Lipinski definition) is 1. The predicted molar refractivity (Wildman–Crippen MR) is 119 cm³/mol. The Kier molecular flexibility index (Phi) is 6.61. The lowest BCUT2D eigenvalue weighted by atomic mass is 10.1. The third-order valence-corrected chi connectivity index (χ3v) is 11.0. The van der Waals surface area contributed by atoms with Crippen molar-refractivity contribution in [2.75, 3.05) is 6.61 Å². The summed E-state index contributed by atoms with van der Waals surface area (Å²) in [6.45, 7) is 12.0. The number of aryl methyl sites for hydroxylation is 1. The van der Waals surface area contributed by atoms with Gasteiger partial charge in [0.2, 0.25) is 0 Å². The highest BCUT2D eigenvalue weighted by Crippen LogP contribution is 2.43. The molecule has 0 spiro atoms. The molecule has 1 aliphatic rings. The minimum atomic E-state index is -2.91. The molecule has 0 radical (unpaired) electrons. The Balaban J connectivity index is 1.56. The summed E-state index contributed by atoms with van der Waals surface area (Å²) in [5, 5.41) is 4.59. The smallest absolute Gasteiger partial charge is 0.283 e. The predicted octanol–water partition coefficient (Wildman–Crippen LogP) is 5.42. The standard InChI is InChI=1S/C24H34FNOSi/c1-17(2)28(25)20(5)14-22-15-23(13-18(3)24(22)28)27-12-11-19(4)26-16-21-9-7-6-8-10-21/h6-10,13,15,17,19-20,26H,11-12,14,16H2,1-5H3. The van der Waals surface area contributed by atoms with Crippen LogP contribution in [-0.2, 0) is 13.0 Å². The maximum absolute atomic E-state index is 15.9. The van der Waals surface area contributed by atoms with E-state index >= 15 is 4.11 Å². The first-order valence-electron chi connectivity index (χ1n) is 10.5. The third kappa shape index (κ3) is 4.33. The van der Waals surface area contributed by atoms with Crippen LogP contribution < -0.4 is 15.2 Å². The van der Waals surface area contributed by atoms with Crippen LogP contribution in [-0.4, -0.2) is 21.1 Å². The van der Waals surface area contributed by atoms with Gasteiger partial charge >= 0.3 is 0 Å². The molecule has 0 fully saturated rings. The molecule has 0 saturated carbocycles. The van der Waals surface area contributed by atoms with E-state index in [1.165, 1.54) is 11.1 Å². The lowest BCUT2D eigenvalue weighted by molar-refractivity contribution is 0.289. The van der Waals surface area contributed by atoms with Crippen LogP contribution >= 0.6 is 0 Å². The highest BCUT2D eigenvalue weighted by atomic mass is 28.4. The fourth-order valence-electron chi connectivity index (χ4n) is 4.54. The van der Waals surface area contributed by atoms with Gasteiger partial charge in [0.25, 0.3) is 8.41 Å². The van der Waals surface area contributed by atoms with Gasteiger partial charge in [0.05, 0.1) is 6.61 Å². The van der Waals surface area contributed by atoms with E-state index < -0.39 is 8.41 Å². The van der Waals surface area contributed by atoms with Crippen LogP contribution in [0.2, 0.25) is 11.1 Å². The second-order valence-electron chi connectivity index (χ2n) is 8.71. The van der Waals surface area contributed by atoms with Gasteiger partial charge in [-0.25, -0.2) is 0 Å². The van der Waals surface area contributed by atoms with Crippen molar-refractivity contribution in [3.8, 4) is 5.75 Å². The molecule has 0 amide bonds. The molecule has 0 saturated heterocycles. The molecule has 2 aromatic rings. The first kappa shape index (κ1) is 21.1. The summed E-state index contributed by atoms with van der Waals surface area (Å²) in [6.07, 6.45) is 1.79. The second kappa shape index (κ2) is 8.79. The van der Waals surface area contributed by atoms with Gasteiger partial charge in [0, 0.05) is 12.6 Å². The van der Waals surface area contributed by atoms with Crippen molar-refractivity contribution in [2.24, 2.45) is 0 Å². The van der Waals surface area contributed by atoms with E-state index in [1.54, 1.807) is 0 Å². The van der Waals surface area contributed by atoms with Gasteiger partial charge in [-0.15, -0.1) is 0 Å². The monoisotopic (exact) mass is 399 g/mol. The Bertz CT molecular complexity index is 795. The number of fused-ring (bicyclic) bond motifs is 1. The van der Waals surface area contributed by atoms with Crippen molar-refractivity contribution in [1.82, 2.24) is 5.32 Å². The molecule has 1 N–H and O–H groups in total. The number of hydrogen-bond acceptors (Lipinski definition) is 2. The first-order valence-corrected chi connectivity index (χ1v) is 12.6. The Morgan fingerprint density at radius 2 is 1.89 bits per heavy atom. The van der Waals surface area contributed by atoms with Crippen molar-refractivity contribution >= 4 is 13.6 Å². The number of benzene rings is 2. The van der Waals surface area contributed by atoms with Crippen molar-refractivity contribution in [3.05, 3.63) is 59.2 Å². The molecular formula is C24H34FNOSi. The Labute approximate surface area is 170 Å². The van der Waals surface area contributed by atoms with E-state index in [-0.39, 0.29) is 11.1 Å². The topological polar surface area (TPSA) is 21.3 Å². The fraction of sp³-hybridized carbons (Fsp3) is 0.500. The van der Waals surface area contributed by atoms with Gasteiger partial charge in [-0.1, -0.05) is 51.1 Å². The van der Waals surface area contributed by atoms with Crippen LogP contribution in [0.25, 0.3) is 0 Å². The maximum Gasteiger partial charge on any atom is 0.283 e. The first-order chi connectivity index (χ1) is 13.3. The molecule has 0 aromatic heterocycles. The minimum absolute atomic E-state index is 0.116. The molecule has 1 aliphatic heterocycles. The summed E-state index contributed by atoms with van der Waals surface area (Å²) in [5.41, 5.74) is 3.82. The quantitative estimate of drug-likeness (QED) is 0.473. The number of nitrogens with one attached hydrogen (secondary N) is 1. The molecule has 2 aromatic carbocycles. The Morgan fingerprint density at radius 1 is 1.18 bits per heavy atom. The minimum Gasteiger partial charge on any atom is -0.494 e. The molecule has 152 valence electrons. The molecule has 3 atom stereocenters. The molecular weight excluding hydrogens is 365 g/mol. The Morgan fingerprint density at radius 3 is 2.57 bits per heavy atom. The third-order valence-electron chi connectivity index (χ3n) is 6.17. The van der Waals surface area contributed by atoms with Crippen molar-refractivity contribution < 1.29 is 8.84 Å². The molecule has 4 heteroatoms. The summed E-state index contributed by atoms with van der Waals surface area (Å²) >= 11 is 0. The summed E-state index contributed by atoms with van der Waals surface area (Å²) in [6, 6.07) is 15.0. The van der Waals surface area contributed by atoms with Crippen LogP contribution in [0, 0.1) is 6.92 Å². The van der Waals surface area contributed by atoms with Gasteiger partial charge in [-0.2, -0.15) is 0 Å². The van der Waals surface area contributed by atoms with Crippen LogP contribution in [0.15, 0.2) is 42.5 Å². The van der Waals surface area contributed by atoms with E-state index in [0.29, 0.717) is 12.6 Å². The highest BCUT2D eigenvalue weighted by molar-refractivity contribution is 6.90. The van der Waals surface area contributed by atoms with Gasteiger partial charge in [0.15, 0.2) is 0 Å². The van der Waals surface area contributed by atoms with Gasteiger partial charge in [0.1, 0.15) is 5.75 Å². The zero-order valence-corrected chi connectivity index (χ0v) is 18.9. The lowest BCUT2D eigenvalue weighted by Crippen LogP contribution is -2.47. The Hall–Kier alpha value is -1.65. The van der Waals surface area contributed by atoms with Crippen molar-refractivity contribution in [3.63, 3.8) is 0 Å². The fourth-order valence-corrected chi connectivity index (χ4v) is 8.61. The zero-order chi connectivity index (χ0) is 20.3. The van der Waals surface area contributed by atoms with E-state index in [4.69, 9.17) is 4.74 Å². The van der Waals surface area contributed by atoms with E-state index in [2.05, 4.69) is 56.4 Å². The van der Waals surface area contributed by atoms with Crippen molar-refractivity contribution in [2.45, 2.75) is 71.1 Å². The SMILES string of the molecule is Cc1cc(OCCC(C)NCc2ccccc2)cc2c1[Si](F)(C(C)C)C(C)C2. The summed E-state index contributed by atoms with van der Waals surface area (Å²) in [4.78, 5) is 0. The van der Waals surface area contributed by atoms with E-state index in [9.17, 15) is 0 Å². The zero-order valence-electron chi connectivity index (χ0n) is 17.9. The molecule has 3 rings (SSSR count). The van der Waals surface area contributed by atoms with Crippen LogP contribution in [0.1, 0.15) is 50.8 Å². The normalized spacial score (nSPS) is 22.3. The average molecular weight is 400 g/mol. The second-order valence-corrected chi connectivity index (χ2v) is 12.9. The molecule has 0 bridgehead atoms. The number of rotatable bonds is 8. The largest absolute Gasteiger partial charge is 0.494 e. The van der Waals surface area contributed by atoms with Crippen LogP contribution in [0.4, 0.5) is 4.11 Å². The van der Waals surface area contributed by atoms with E-state index in [0.717, 1.165) is 35.9 Å². The molecule has 1 heterocycles. The number of ether oxygens (including phenoxy) is 1. The van der Waals surface area contributed by atoms with Crippen LogP contribution in [0.5, 0.6) is 5.75 Å². The van der Waals surface area contributed by atoms with E-state index in [1.807, 2.05) is 26.0 Å². The van der Waals surface area contributed by atoms with Gasteiger partial charge < -0.3 is 14.2 Å². The maximum atomic E-state index is 15.9. The molecule has 3 unspecified atom stereocenters. The summed E-state index contributed by atoms with van der Waals surface area (Å²) < 4.78 is 21.9. The average Bonchev–Trinajstić information content (AvgIpc) is 2.93. The molecule has 0 aliphatic carbocycles. The van der Waals surface area contributed by atoms with Gasteiger partial charge in [-0.3, -0.25) is 0 Å². The summed E-state index contributed by atoms with van der Waals surface area (Å²) in [5.74, 6) is 0.890. The molecule has 28 heavy (non-hydrogen) atoms. The summed E-state index contributed by atoms with van der Waals surface area (Å²) in [7, 11) is -2.91. The van der Waals surface area contributed by atoms with Crippen molar-refractivity contribution in [1.29, 1.82) is 0 Å². The van der Waals surface area contributed by atoms with Crippen LogP contribution in [0.3, 0.4) is 0 Å². The molecule has 2 nitrogen and oxygen atoms in total. The highest BCUT2D eigenvalue weighted by Gasteiger charge is 2.52.